The molecule has 1 heterocycles. The molecule has 0 N–H and O–H groups in total. The molecule has 0 spiro atoms. The maximum absolute atomic E-state index is 7.17. The lowest BCUT2D eigenvalue weighted by atomic mass is 10.3. The molecule has 1 rings (SSSR count). The summed E-state index contributed by atoms with van der Waals surface area (Å²) in [5, 5.41) is 0. The summed E-state index contributed by atoms with van der Waals surface area (Å²) in [7, 11) is 0. The van der Waals surface area contributed by atoms with Crippen LogP contribution in [0.1, 0.15) is 19.6 Å². The summed E-state index contributed by atoms with van der Waals surface area (Å²) in [6, 6.07) is 2.67. The lowest BCUT2D eigenvalue weighted by Crippen LogP contribution is -1.84. The molecular weight excluding hydrogens is 178 g/mol. The maximum Gasteiger partial charge on any atom is 0.0517 e. The van der Waals surface area contributed by atoms with Crippen molar-refractivity contribution in [2.24, 2.45) is 0 Å². The number of hydrogen-bond donors (Lipinski definition) is 0. The van der Waals surface area contributed by atoms with Crippen molar-refractivity contribution in [3.05, 3.63) is 28.0 Å². The predicted molar refractivity (Wildman–Crippen MR) is 41.4 cm³/mol. The molecule has 0 unspecified atom stereocenters. The first-order valence-corrected chi connectivity index (χ1v) is 3.09. The summed E-state index contributed by atoms with van der Waals surface area (Å²) in [6.45, 7) is -4.80. The van der Waals surface area contributed by atoms with Crippen LogP contribution < -0.4 is 0 Å². The van der Waals surface area contributed by atoms with Crippen molar-refractivity contribution in [2.45, 2.75) is 13.7 Å². The molecule has 0 aliphatic carbocycles. The van der Waals surface area contributed by atoms with Gasteiger partial charge in [-0.1, -0.05) is 0 Å². The molecule has 0 aliphatic rings. The van der Waals surface area contributed by atoms with E-state index in [0.29, 0.717) is 0 Å². The second kappa shape index (κ2) is 2.48. The van der Waals surface area contributed by atoms with Crippen LogP contribution in [0.15, 0.2) is 16.6 Å². The Morgan fingerprint density at radius 2 is 2.44 bits per heavy atom. The van der Waals surface area contributed by atoms with Crippen LogP contribution in [-0.4, -0.2) is 4.98 Å². The van der Waals surface area contributed by atoms with Crippen LogP contribution in [0.25, 0.3) is 0 Å². The molecule has 0 bridgehead atoms. The fraction of sp³-hybridized carbons (Fsp3) is 0.286. The van der Waals surface area contributed by atoms with Crippen molar-refractivity contribution >= 4 is 15.9 Å². The van der Waals surface area contributed by atoms with E-state index < -0.39 is 13.7 Å². The van der Waals surface area contributed by atoms with Crippen LogP contribution in [-0.2, 0) is 0 Å². The zero-order valence-electron chi connectivity index (χ0n) is 10.5. The summed E-state index contributed by atoms with van der Waals surface area (Å²) >= 11 is 3.03. The SMILES string of the molecule is [2H]C([2H])([2H])c1ccc(Br)c(C([2H])([2H])[2H])n1. The van der Waals surface area contributed by atoms with E-state index in [0.717, 1.165) is 0 Å². The minimum absolute atomic E-state index is 0.211. The monoisotopic (exact) mass is 191 g/mol. The highest BCUT2D eigenvalue weighted by Gasteiger charge is 1.92. The van der Waals surface area contributed by atoms with Crippen LogP contribution in [0.2, 0.25) is 0 Å². The van der Waals surface area contributed by atoms with Crippen LogP contribution in [0.4, 0.5) is 0 Å². The molecule has 0 saturated heterocycles. The van der Waals surface area contributed by atoms with Gasteiger partial charge in [-0.2, -0.15) is 0 Å². The molecule has 9 heavy (non-hydrogen) atoms. The quantitative estimate of drug-likeness (QED) is 0.615. The van der Waals surface area contributed by atoms with E-state index in [1.807, 2.05) is 0 Å². The maximum atomic E-state index is 7.17. The van der Waals surface area contributed by atoms with Gasteiger partial charge in [-0.15, -0.1) is 0 Å². The highest BCUT2D eigenvalue weighted by molar-refractivity contribution is 9.10. The van der Waals surface area contributed by atoms with Gasteiger partial charge < -0.3 is 0 Å². The average Bonchev–Trinajstić information content (AvgIpc) is 2.00. The van der Waals surface area contributed by atoms with Crippen LogP contribution in [0, 0.1) is 13.7 Å². The van der Waals surface area contributed by atoms with Crippen LogP contribution >= 0.6 is 15.9 Å². The largest absolute Gasteiger partial charge is 0.257 e. The van der Waals surface area contributed by atoms with Crippen molar-refractivity contribution in [3.63, 3.8) is 0 Å². The van der Waals surface area contributed by atoms with E-state index in [-0.39, 0.29) is 15.9 Å². The van der Waals surface area contributed by atoms with Gasteiger partial charge in [0, 0.05) is 18.4 Å². The first-order valence-electron chi connectivity index (χ1n) is 5.30. The van der Waals surface area contributed by atoms with Crippen molar-refractivity contribution in [1.29, 1.82) is 0 Å². The van der Waals surface area contributed by atoms with E-state index in [2.05, 4.69) is 20.9 Å². The molecule has 48 valence electrons. The van der Waals surface area contributed by atoms with Gasteiger partial charge in [0.2, 0.25) is 0 Å². The molecule has 0 amide bonds. The molecular formula is C7H8BrN. The van der Waals surface area contributed by atoms with Gasteiger partial charge in [-0.25, -0.2) is 0 Å². The highest BCUT2D eigenvalue weighted by atomic mass is 79.9. The summed E-state index contributed by atoms with van der Waals surface area (Å²) < 4.78 is 43.2. The average molecular weight is 192 g/mol. The topological polar surface area (TPSA) is 12.9 Å². The molecule has 0 radical (unpaired) electrons. The zero-order valence-corrected chi connectivity index (χ0v) is 6.07. The second-order valence-electron chi connectivity index (χ2n) is 1.53. The molecule has 1 nitrogen and oxygen atoms in total. The lowest BCUT2D eigenvalue weighted by Gasteiger charge is -1.95. The number of halogens is 1. The Labute approximate surface area is 71.7 Å². The highest BCUT2D eigenvalue weighted by Crippen LogP contribution is 2.12. The van der Waals surface area contributed by atoms with Gasteiger partial charge in [0.1, 0.15) is 0 Å². The van der Waals surface area contributed by atoms with Crippen LogP contribution in [0.5, 0.6) is 0 Å². The van der Waals surface area contributed by atoms with E-state index in [1.165, 1.54) is 12.1 Å². The summed E-state index contributed by atoms with van der Waals surface area (Å²) in [6.07, 6.45) is 0. The molecule has 0 saturated carbocycles. The Balaban J connectivity index is 3.30. The van der Waals surface area contributed by atoms with Crippen molar-refractivity contribution in [3.8, 4) is 0 Å². The standard InChI is InChI=1S/C7H8BrN/c1-5-3-4-7(8)6(2)9-5/h3-4H,1-2H3/i1D3,2D3. The molecule has 0 aliphatic heterocycles. The van der Waals surface area contributed by atoms with Gasteiger partial charge in [0.25, 0.3) is 0 Å². The second-order valence-corrected chi connectivity index (χ2v) is 2.38. The number of aryl methyl sites for hydroxylation is 2. The number of rotatable bonds is 0. The smallest absolute Gasteiger partial charge is 0.0517 e. The Morgan fingerprint density at radius 3 is 3.11 bits per heavy atom. The third-order valence-electron chi connectivity index (χ3n) is 0.846. The van der Waals surface area contributed by atoms with Gasteiger partial charge >= 0.3 is 0 Å². The van der Waals surface area contributed by atoms with Crippen LogP contribution in [0.3, 0.4) is 0 Å². The first kappa shape index (κ1) is 2.35. The van der Waals surface area contributed by atoms with Gasteiger partial charge in [-0.05, 0) is 41.8 Å². The Hall–Kier alpha value is -0.370. The number of hydrogen-bond acceptors (Lipinski definition) is 1. The summed E-state index contributed by atoms with van der Waals surface area (Å²) in [5.41, 5.74) is -0.437. The number of pyridine rings is 1. The van der Waals surface area contributed by atoms with Crippen molar-refractivity contribution in [1.82, 2.24) is 4.98 Å². The van der Waals surface area contributed by atoms with E-state index in [9.17, 15) is 0 Å². The predicted octanol–water partition coefficient (Wildman–Crippen LogP) is 2.46. The Bertz CT molecular complexity index is 369. The van der Waals surface area contributed by atoms with Crippen molar-refractivity contribution in [2.75, 3.05) is 0 Å². The van der Waals surface area contributed by atoms with Gasteiger partial charge in [0.05, 0.1) is 5.69 Å². The fourth-order valence-electron chi connectivity index (χ4n) is 0.442. The number of aromatic nitrogens is 1. The fourth-order valence-corrected chi connectivity index (χ4v) is 0.663. The van der Waals surface area contributed by atoms with E-state index >= 15 is 0 Å². The Morgan fingerprint density at radius 1 is 1.56 bits per heavy atom. The Kier molecular flexibility index (Phi) is 0.647. The van der Waals surface area contributed by atoms with E-state index in [4.69, 9.17) is 8.22 Å². The number of nitrogens with zero attached hydrogens (tertiary/aromatic N) is 1. The van der Waals surface area contributed by atoms with Gasteiger partial charge in [-0.3, -0.25) is 4.98 Å². The molecule has 0 aromatic carbocycles. The molecule has 1 aromatic heterocycles. The third kappa shape index (κ3) is 1.52. The third-order valence-corrected chi connectivity index (χ3v) is 1.49. The van der Waals surface area contributed by atoms with Gasteiger partial charge in [0.15, 0.2) is 0 Å². The lowest BCUT2D eigenvalue weighted by molar-refractivity contribution is 1.11. The normalized spacial score (nSPS) is 22.3. The van der Waals surface area contributed by atoms with Crippen molar-refractivity contribution < 1.29 is 8.22 Å². The molecule has 0 fully saturated rings. The minimum atomic E-state index is -2.42. The first-order chi connectivity index (χ1) is 6.62. The summed E-state index contributed by atoms with van der Waals surface area (Å²) in [4.78, 5) is 3.64. The zero-order chi connectivity index (χ0) is 11.9. The molecule has 1 aromatic rings. The van der Waals surface area contributed by atoms with E-state index in [1.54, 1.807) is 0 Å². The molecule has 2 heteroatoms. The molecule has 0 atom stereocenters. The minimum Gasteiger partial charge on any atom is -0.257 e. The summed E-state index contributed by atoms with van der Waals surface area (Å²) in [5.74, 6) is 0.